The van der Waals surface area contributed by atoms with Crippen molar-refractivity contribution in [1.29, 1.82) is 0 Å². The van der Waals surface area contributed by atoms with Gasteiger partial charge in [0.15, 0.2) is 0 Å². The van der Waals surface area contributed by atoms with Gasteiger partial charge in [-0.05, 0) is 221 Å². The first-order chi connectivity index (χ1) is 52.6. The highest BCUT2D eigenvalue weighted by atomic mass is 16.6. The van der Waals surface area contributed by atoms with E-state index in [9.17, 15) is 46.0 Å². The van der Waals surface area contributed by atoms with Gasteiger partial charge in [-0.15, -0.1) is 0 Å². The van der Waals surface area contributed by atoms with Crippen molar-refractivity contribution >= 4 is 0 Å². The predicted molar refractivity (Wildman–Crippen MR) is 492 cm³/mol. The van der Waals surface area contributed by atoms with Crippen molar-refractivity contribution in [2.75, 3.05) is 59.5 Å². The van der Waals surface area contributed by atoms with Gasteiger partial charge in [-0.3, -0.25) is 0 Å². The van der Waals surface area contributed by atoms with Gasteiger partial charge in [-0.1, -0.05) is 269 Å². The lowest BCUT2D eigenvalue weighted by atomic mass is 9.66. The lowest BCUT2D eigenvalue weighted by Crippen LogP contribution is -2.58. The number of aliphatic hydroxyl groups excluding tert-OH is 3. The quantitative estimate of drug-likeness (QED) is 0.0883. The summed E-state index contributed by atoms with van der Waals surface area (Å²) in [4.78, 5) is 0. The number of hydrogen-bond acceptors (Lipinski definition) is 15. The van der Waals surface area contributed by atoms with Crippen LogP contribution in [0.1, 0.15) is 401 Å². The SMILES string of the molecule is CC.CC.CC.CC.CC.CC.CC.CC.CC.CC(C)C1CCC1C(C)O.CC(C)C1CCCC1C(C)O.CC(C)C1CCCCC1C(C)O.CC(C)C1CCOCC1(C)O.CC(C)C1COCC1(C)O.CC(C)C1COCCC1(C)O.CC(C)C1OCC1(C)O.CC(C)C1OCCC1(C)O.CC(C)C1OCCCC1(C)O. The highest BCUT2D eigenvalue weighted by Crippen LogP contribution is 2.43. The van der Waals surface area contributed by atoms with Crippen LogP contribution < -0.4 is 0 Å². The number of ether oxygens (including phenoxy) is 6. The molecule has 3 aliphatic carbocycles. The van der Waals surface area contributed by atoms with E-state index in [2.05, 4.69) is 125 Å². The maximum Gasteiger partial charge on any atom is 0.111 e. The molecule has 0 aromatic rings. The van der Waals surface area contributed by atoms with Crippen molar-refractivity contribution in [1.82, 2.24) is 0 Å². The molecule has 15 heteroatoms. The third-order valence-corrected chi connectivity index (χ3v) is 23.1. The molecule has 21 atom stereocenters. The Kier molecular flexibility index (Phi) is 84.3. The first-order valence-corrected chi connectivity index (χ1v) is 47.6. The van der Waals surface area contributed by atoms with Crippen LogP contribution in [0.5, 0.6) is 0 Å². The summed E-state index contributed by atoms with van der Waals surface area (Å²) in [5, 5.41) is 86.9. The van der Waals surface area contributed by atoms with Crippen molar-refractivity contribution < 1.29 is 74.4 Å². The molecule has 0 aromatic heterocycles. The van der Waals surface area contributed by atoms with Crippen LogP contribution in [0.4, 0.5) is 0 Å². The van der Waals surface area contributed by atoms with Gasteiger partial charge in [0, 0.05) is 44.7 Å². The van der Waals surface area contributed by atoms with Crippen LogP contribution in [0.15, 0.2) is 0 Å². The van der Waals surface area contributed by atoms with Crippen LogP contribution in [0.3, 0.4) is 0 Å². The van der Waals surface area contributed by atoms with Crippen LogP contribution in [0, 0.1) is 107 Å². The third kappa shape index (κ3) is 53.8. The number of rotatable bonds is 12. The molecule has 6 heterocycles. The highest BCUT2D eigenvalue weighted by Gasteiger charge is 2.45. The Morgan fingerprint density at radius 3 is 0.735 bits per heavy atom. The van der Waals surface area contributed by atoms with Crippen LogP contribution in [-0.4, -0.2) is 176 Å². The molecule has 696 valence electrons. The second-order valence-electron chi connectivity index (χ2n) is 35.5. The first-order valence-electron chi connectivity index (χ1n) is 47.6. The van der Waals surface area contributed by atoms with Gasteiger partial charge in [0.25, 0.3) is 0 Å². The molecular formula is C98H214O15. The molecule has 0 amide bonds. The van der Waals surface area contributed by atoms with E-state index in [-0.39, 0.29) is 36.6 Å². The van der Waals surface area contributed by atoms with Crippen LogP contribution in [0.25, 0.3) is 0 Å². The van der Waals surface area contributed by atoms with E-state index in [1.807, 2.05) is 187 Å². The zero-order valence-electron chi connectivity index (χ0n) is 84.6. The molecule has 0 bridgehead atoms. The lowest BCUT2D eigenvalue weighted by molar-refractivity contribution is -0.242. The molecule has 3 saturated carbocycles. The first kappa shape index (κ1) is 130. The fourth-order valence-electron chi connectivity index (χ4n) is 17.2. The maximum atomic E-state index is 9.92. The van der Waals surface area contributed by atoms with Gasteiger partial charge < -0.3 is 74.4 Å². The molecule has 15 nitrogen and oxygen atoms in total. The molecule has 0 radical (unpaired) electrons. The van der Waals surface area contributed by atoms with E-state index in [1.165, 1.54) is 57.8 Å². The molecule has 9 rings (SSSR count). The Bertz CT molecular complexity index is 1810. The molecule has 9 N–H and O–H groups in total. The number of aliphatic hydroxyl groups is 9. The standard InChI is InChI=1S/C11H22O.C10H20O.3C9H18O2.C9H18O.2C8H16O2.C7H14O2.9C2H6/c1-8(2)10-6-4-5-7-11(10)9(3)12;1-7(2)9-5-4-6-10(9)8(3)11;1-7(2)8-6-11-5-4-9(8,3)10;1-7(2)8-4-5-11-6-9(8,3)10;1-7(2)8-9(3,10)5-4-6-11-8;1-6(2)8-4-5-9(8)7(3)10;1-6(2)7-4-10-5-8(7,3)9;1-6(2)7-8(3,9)4-5-10-7;1-5(2)6-7(3,8)4-9-6;9*1-2/h8-12H,4-7H2,1-3H3;7-11H,4-6H2,1-3H3;3*7-8,10H,4-6H2,1-3H3;6-10H,4-5H2,1-3H3;2*6-7,9H,4-5H2,1-3H3;5-6,8H,4H2,1-3H3;9*1-2H3. The Hall–Kier alpha value is -0.600. The summed E-state index contributed by atoms with van der Waals surface area (Å²) in [5.41, 5.74) is -3.46. The van der Waals surface area contributed by atoms with Crippen molar-refractivity contribution in [3.05, 3.63) is 0 Å². The largest absolute Gasteiger partial charge is 0.393 e. The van der Waals surface area contributed by atoms with Crippen molar-refractivity contribution in [2.45, 2.75) is 472 Å². The van der Waals surface area contributed by atoms with E-state index in [1.54, 1.807) is 0 Å². The Labute approximate surface area is 708 Å². The highest BCUT2D eigenvalue weighted by molar-refractivity contribution is 4.94. The van der Waals surface area contributed by atoms with Gasteiger partial charge in [0.2, 0.25) is 0 Å². The molecule has 6 aliphatic heterocycles. The summed E-state index contributed by atoms with van der Waals surface area (Å²) in [6.45, 7) is 97.8. The maximum absolute atomic E-state index is 9.92. The van der Waals surface area contributed by atoms with Gasteiger partial charge in [-0.25, -0.2) is 0 Å². The summed E-state index contributed by atoms with van der Waals surface area (Å²) in [6, 6.07) is 0. The predicted octanol–water partition coefficient (Wildman–Crippen LogP) is 24.0. The van der Waals surface area contributed by atoms with Crippen LogP contribution >= 0.6 is 0 Å². The van der Waals surface area contributed by atoms with E-state index < -0.39 is 33.6 Å². The average molecular weight is 1630 g/mol. The van der Waals surface area contributed by atoms with Crippen molar-refractivity contribution in [2.24, 2.45) is 107 Å². The van der Waals surface area contributed by atoms with Crippen LogP contribution in [-0.2, 0) is 28.4 Å². The fourth-order valence-corrected chi connectivity index (χ4v) is 17.2. The average Bonchev–Trinajstić information content (AvgIpc) is 1.56. The van der Waals surface area contributed by atoms with Gasteiger partial charge >= 0.3 is 0 Å². The molecular weight excluding hydrogens is 1420 g/mol. The molecule has 9 fully saturated rings. The summed E-state index contributed by atoms with van der Waals surface area (Å²) in [5.74, 6) is 10.1. The normalized spacial score (nSPS) is 32.8. The molecule has 21 unspecified atom stereocenters. The minimum atomic E-state index is -0.605. The summed E-state index contributed by atoms with van der Waals surface area (Å²) < 4.78 is 31.8. The summed E-state index contributed by atoms with van der Waals surface area (Å²) in [7, 11) is 0. The Morgan fingerprint density at radius 1 is 0.230 bits per heavy atom. The zero-order chi connectivity index (χ0) is 91.4. The molecule has 0 aromatic carbocycles. The topological polar surface area (TPSA) is 237 Å². The van der Waals surface area contributed by atoms with Crippen molar-refractivity contribution in [3.63, 3.8) is 0 Å². The van der Waals surface area contributed by atoms with E-state index >= 15 is 0 Å². The van der Waals surface area contributed by atoms with E-state index in [0.717, 1.165) is 80.8 Å². The molecule has 6 saturated heterocycles. The second kappa shape index (κ2) is 73.0. The Morgan fingerprint density at radius 2 is 0.522 bits per heavy atom. The Balaban J connectivity index is -0.000000150. The minimum absolute atomic E-state index is 0.0243. The molecule has 9 aliphatic rings. The van der Waals surface area contributed by atoms with Gasteiger partial charge in [0.1, 0.15) is 5.60 Å². The minimum Gasteiger partial charge on any atom is -0.393 e. The monoisotopic (exact) mass is 1630 g/mol. The molecule has 0 spiro atoms. The third-order valence-electron chi connectivity index (χ3n) is 23.1. The lowest BCUT2D eigenvalue weighted by Gasteiger charge is -2.44. The van der Waals surface area contributed by atoms with E-state index in [4.69, 9.17) is 28.4 Å². The smallest absolute Gasteiger partial charge is 0.111 e. The van der Waals surface area contributed by atoms with Crippen molar-refractivity contribution in [3.8, 4) is 0 Å². The van der Waals surface area contributed by atoms with Crippen LogP contribution in [0.2, 0.25) is 0 Å². The second-order valence-corrected chi connectivity index (χ2v) is 35.5. The summed E-state index contributed by atoms with van der Waals surface area (Å²) >= 11 is 0. The van der Waals surface area contributed by atoms with Gasteiger partial charge in [0.05, 0.1) is 97.7 Å². The zero-order valence-corrected chi connectivity index (χ0v) is 84.6. The number of hydrogen-bond donors (Lipinski definition) is 9. The van der Waals surface area contributed by atoms with Gasteiger partial charge in [-0.2, -0.15) is 0 Å². The molecule has 113 heavy (non-hydrogen) atoms. The van der Waals surface area contributed by atoms with E-state index in [0.29, 0.717) is 117 Å². The summed E-state index contributed by atoms with van der Waals surface area (Å²) in [6.07, 6.45) is 15.9. The fraction of sp³-hybridized carbons (Fsp3) is 1.00.